The van der Waals surface area contributed by atoms with Gasteiger partial charge in [0.2, 0.25) is 5.16 Å². The number of tetrazole rings is 1. The average Bonchev–Trinajstić information content (AvgIpc) is 3.22. The van der Waals surface area contributed by atoms with Crippen LogP contribution < -0.4 is 31.9 Å². The molecule has 29 heavy (non-hydrogen) atoms. The van der Waals surface area contributed by atoms with E-state index in [0.717, 1.165) is 34.5 Å². The Kier molecular flexibility index (Phi) is 9.04. The van der Waals surface area contributed by atoms with E-state index in [1.807, 2.05) is 42.5 Å². The van der Waals surface area contributed by atoms with Crippen molar-refractivity contribution in [3.05, 3.63) is 48.0 Å². The number of halogens is 1. The molecule has 156 valence electrons. The highest BCUT2D eigenvalue weighted by Gasteiger charge is 2.12. The molecule has 0 bridgehead atoms. The molecule has 1 heterocycles. The van der Waals surface area contributed by atoms with Gasteiger partial charge in [-0.25, -0.2) is 0 Å². The van der Waals surface area contributed by atoms with Gasteiger partial charge in [-0.1, -0.05) is 30.0 Å². The second kappa shape index (κ2) is 11.5. The summed E-state index contributed by atoms with van der Waals surface area (Å²) in [4.78, 5) is 0. The number of nitrogens with zero attached hydrogens (tertiary/aromatic N) is 4. The van der Waals surface area contributed by atoms with Crippen molar-refractivity contribution in [3.63, 3.8) is 0 Å². The lowest BCUT2D eigenvalue weighted by atomic mass is 10.1. The molecule has 0 unspecified atom stereocenters. The number of thioether (sulfide) groups is 1. The van der Waals surface area contributed by atoms with E-state index in [1.54, 1.807) is 37.8 Å². The summed E-state index contributed by atoms with van der Waals surface area (Å²) in [6, 6.07) is 13.6. The van der Waals surface area contributed by atoms with Crippen LogP contribution in [0, 0.1) is 0 Å². The lowest BCUT2D eigenvalue weighted by molar-refractivity contribution is -0.00000666. The third kappa shape index (κ3) is 5.75. The summed E-state index contributed by atoms with van der Waals surface area (Å²) in [7, 11) is 4.87. The lowest BCUT2D eigenvalue weighted by Gasteiger charge is -2.14. The maximum absolute atomic E-state index is 5.46. The van der Waals surface area contributed by atoms with E-state index in [1.165, 1.54) is 0 Å². The predicted molar refractivity (Wildman–Crippen MR) is 108 cm³/mol. The standard InChI is InChI=1S/C19H23N5O3S.ClH/c1-25-16-12-18(27-3)17(26-2)11-14(16)13-20-9-10-28-19-21-22-23-24(19)15-7-5-4-6-8-15;/h4-8,11-12,20H,9-10,13H2,1-3H3;1H/p-1. The maximum Gasteiger partial charge on any atom is 0.214 e. The summed E-state index contributed by atoms with van der Waals surface area (Å²) in [5, 5.41) is 16.1. The van der Waals surface area contributed by atoms with Gasteiger partial charge in [0.25, 0.3) is 0 Å². The molecule has 0 saturated carbocycles. The quantitative estimate of drug-likeness (QED) is 0.339. The van der Waals surface area contributed by atoms with E-state index < -0.39 is 0 Å². The van der Waals surface area contributed by atoms with Gasteiger partial charge in [-0.3, -0.25) is 0 Å². The summed E-state index contributed by atoms with van der Waals surface area (Å²) in [6.45, 7) is 1.43. The van der Waals surface area contributed by atoms with Crippen molar-refractivity contribution in [2.45, 2.75) is 11.7 Å². The number of ether oxygens (including phenoxy) is 3. The van der Waals surface area contributed by atoms with Crippen LogP contribution in [0.1, 0.15) is 5.56 Å². The summed E-state index contributed by atoms with van der Waals surface area (Å²) in [5.41, 5.74) is 1.94. The van der Waals surface area contributed by atoms with Crippen molar-refractivity contribution >= 4 is 11.8 Å². The third-order valence-electron chi connectivity index (χ3n) is 4.05. The molecule has 0 atom stereocenters. The van der Waals surface area contributed by atoms with Crippen LogP contribution in [0.25, 0.3) is 5.69 Å². The van der Waals surface area contributed by atoms with Crippen LogP contribution >= 0.6 is 11.8 Å². The summed E-state index contributed by atoms with van der Waals surface area (Å²) in [5.74, 6) is 2.90. The van der Waals surface area contributed by atoms with Gasteiger partial charge < -0.3 is 31.9 Å². The van der Waals surface area contributed by atoms with Gasteiger partial charge in [-0.05, 0) is 28.6 Å². The zero-order valence-corrected chi connectivity index (χ0v) is 18.0. The lowest BCUT2D eigenvalue weighted by Crippen LogP contribution is -3.00. The molecule has 1 aromatic heterocycles. The molecule has 0 amide bonds. The Labute approximate surface area is 180 Å². The Morgan fingerprint density at radius 2 is 1.66 bits per heavy atom. The van der Waals surface area contributed by atoms with E-state index in [0.29, 0.717) is 18.0 Å². The van der Waals surface area contributed by atoms with Crippen LogP contribution in [0.2, 0.25) is 0 Å². The van der Waals surface area contributed by atoms with Crippen molar-refractivity contribution in [1.29, 1.82) is 0 Å². The fourth-order valence-corrected chi connectivity index (χ4v) is 3.46. The number of hydrogen-bond donors (Lipinski definition) is 1. The molecule has 3 rings (SSSR count). The zero-order valence-electron chi connectivity index (χ0n) is 16.5. The molecule has 3 aromatic rings. The first kappa shape index (κ1) is 22.8. The SMILES string of the molecule is COc1cc(OC)c(OC)cc1CNCCSc1nnnn1-c1ccccc1.[Cl-]. The van der Waals surface area contributed by atoms with Crippen molar-refractivity contribution in [2.75, 3.05) is 33.6 Å². The number of rotatable bonds is 10. The molecule has 2 aromatic carbocycles. The molecule has 0 aliphatic carbocycles. The summed E-state index contributed by atoms with van der Waals surface area (Å²) >= 11 is 1.60. The molecule has 10 heteroatoms. The number of nitrogens with one attached hydrogen (secondary N) is 1. The molecule has 1 N–H and O–H groups in total. The molecule has 0 saturated heterocycles. The monoisotopic (exact) mass is 436 g/mol. The minimum atomic E-state index is 0. The second-order valence-electron chi connectivity index (χ2n) is 5.75. The number of methoxy groups -OCH3 is 3. The van der Waals surface area contributed by atoms with Gasteiger partial charge in [0.1, 0.15) is 5.75 Å². The van der Waals surface area contributed by atoms with Crippen molar-refractivity contribution in [1.82, 2.24) is 25.5 Å². The fraction of sp³-hybridized carbons (Fsp3) is 0.316. The van der Waals surface area contributed by atoms with Crippen LogP contribution in [0.5, 0.6) is 17.2 Å². The Morgan fingerprint density at radius 3 is 2.34 bits per heavy atom. The zero-order chi connectivity index (χ0) is 19.8. The van der Waals surface area contributed by atoms with Crippen LogP contribution in [-0.2, 0) is 6.54 Å². The van der Waals surface area contributed by atoms with Gasteiger partial charge in [0.15, 0.2) is 11.5 Å². The topological polar surface area (TPSA) is 83.3 Å². The molecule has 8 nitrogen and oxygen atoms in total. The first-order valence-electron chi connectivity index (χ1n) is 8.73. The second-order valence-corrected chi connectivity index (χ2v) is 6.82. The highest BCUT2D eigenvalue weighted by Crippen LogP contribution is 2.34. The Hall–Kier alpha value is -2.49. The number of para-hydroxylation sites is 1. The Morgan fingerprint density at radius 1 is 0.966 bits per heavy atom. The molecular formula is C19H23ClN5O3S-. The molecule has 0 spiro atoms. The van der Waals surface area contributed by atoms with Crippen LogP contribution in [-0.4, -0.2) is 53.8 Å². The first-order chi connectivity index (χ1) is 13.8. The molecule has 0 fully saturated rings. The van der Waals surface area contributed by atoms with Crippen LogP contribution in [0.15, 0.2) is 47.6 Å². The first-order valence-corrected chi connectivity index (χ1v) is 9.71. The number of benzene rings is 2. The van der Waals surface area contributed by atoms with E-state index in [4.69, 9.17) is 14.2 Å². The largest absolute Gasteiger partial charge is 1.00 e. The molecule has 0 radical (unpaired) electrons. The highest BCUT2D eigenvalue weighted by atomic mass is 35.5. The van der Waals surface area contributed by atoms with E-state index in [-0.39, 0.29) is 12.4 Å². The fourth-order valence-electron chi connectivity index (χ4n) is 2.67. The number of aromatic nitrogens is 4. The molecular weight excluding hydrogens is 414 g/mol. The van der Waals surface area contributed by atoms with Crippen molar-refractivity contribution in [3.8, 4) is 22.9 Å². The smallest absolute Gasteiger partial charge is 0.214 e. The van der Waals surface area contributed by atoms with Crippen molar-refractivity contribution < 1.29 is 26.6 Å². The van der Waals surface area contributed by atoms with Crippen LogP contribution in [0.4, 0.5) is 0 Å². The van der Waals surface area contributed by atoms with Gasteiger partial charge >= 0.3 is 0 Å². The molecule has 0 aliphatic rings. The third-order valence-corrected chi connectivity index (χ3v) is 4.97. The van der Waals surface area contributed by atoms with E-state index in [9.17, 15) is 0 Å². The highest BCUT2D eigenvalue weighted by molar-refractivity contribution is 7.99. The number of hydrogen-bond acceptors (Lipinski definition) is 8. The average molecular weight is 437 g/mol. The van der Waals surface area contributed by atoms with Crippen LogP contribution in [0.3, 0.4) is 0 Å². The Balaban J connectivity index is 0.00000300. The predicted octanol–water partition coefficient (Wildman–Crippen LogP) is -0.426. The van der Waals surface area contributed by atoms with Gasteiger partial charge in [-0.15, -0.1) is 5.10 Å². The van der Waals surface area contributed by atoms with Gasteiger partial charge in [0, 0.05) is 30.5 Å². The minimum Gasteiger partial charge on any atom is -1.00 e. The normalized spacial score (nSPS) is 10.3. The molecule has 0 aliphatic heterocycles. The minimum absolute atomic E-state index is 0. The van der Waals surface area contributed by atoms with Gasteiger partial charge in [0.05, 0.1) is 27.0 Å². The summed E-state index contributed by atoms with van der Waals surface area (Å²) in [6.07, 6.45) is 0. The van der Waals surface area contributed by atoms with Crippen molar-refractivity contribution in [2.24, 2.45) is 0 Å². The van der Waals surface area contributed by atoms with E-state index in [2.05, 4.69) is 20.8 Å². The summed E-state index contributed by atoms with van der Waals surface area (Å²) < 4.78 is 17.9. The maximum atomic E-state index is 5.46. The van der Waals surface area contributed by atoms with E-state index >= 15 is 0 Å². The van der Waals surface area contributed by atoms with Gasteiger partial charge in [-0.2, -0.15) is 4.68 Å². The Bertz CT molecular complexity index is 895.